The molecule has 0 aromatic carbocycles. The van der Waals surface area contributed by atoms with Crippen LogP contribution in [0.25, 0.3) is 0 Å². The van der Waals surface area contributed by atoms with Gasteiger partial charge in [-0.25, -0.2) is 0 Å². The van der Waals surface area contributed by atoms with Gasteiger partial charge in [0.25, 0.3) is 0 Å². The van der Waals surface area contributed by atoms with Crippen molar-refractivity contribution in [3.05, 3.63) is 0 Å². The van der Waals surface area contributed by atoms with E-state index in [0.717, 1.165) is 19.3 Å². The summed E-state index contributed by atoms with van der Waals surface area (Å²) in [4.78, 5) is 11.6. The van der Waals surface area contributed by atoms with Gasteiger partial charge < -0.3 is 15.8 Å². The summed E-state index contributed by atoms with van der Waals surface area (Å²) in [5.41, 5.74) is 5.86. The van der Waals surface area contributed by atoms with E-state index in [1.807, 2.05) is 6.92 Å². The lowest BCUT2D eigenvalue weighted by Crippen LogP contribution is -2.36. The molecular weight excluding hydrogens is 216 g/mol. The molecule has 0 aliphatic heterocycles. The molecule has 0 spiro atoms. The number of carbonyl (C=O) groups excluding carboxylic acids is 1. The summed E-state index contributed by atoms with van der Waals surface area (Å²) in [5, 5.41) is 2.94. The van der Waals surface area contributed by atoms with Gasteiger partial charge in [0.1, 0.15) is 0 Å². The van der Waals surface area contributed by atoms with Crippen LogP contribution in [0, 0.1) is 5.92 Å². The summed E-state index contributed by atoms with van der Waals surface area (Å²) >= 11 is 0. The summed E-state index contributed by atoms with van der Waals surface area (Å²) in [7, 11) is 1.65. The van der Waals surface area contributed by atoms with Gasteiger partial charge in [-0.15, -0.1) is 0 Å². The van der Waals surface area contributed by atoms with Crippen molar-refractivity contribution in [1.82, 2.24) is 5.32 Å². The van der Waals surface area contributed by atoms with E-state index in [-0.39, 0.29) is 11.9 Å². The van der Waals surface area contributed by atoms with Gasteiger partial charge in [0.15, 0.2) is 0 Å². The van der Waals surface area contributed by atoms with Crippen molar-refractivity contribution in [3.8, 4) is 0 Å². The second kappa shape index (κ2) is 7.67. The number of amides is 1. The molecule has 0 radical (unpaired) electrons. The van der Waals surface area contributed by atoms with Crippen LogP contribution in [0.3, 0.4) is 0 Å². The van der Waals surface area contributed by atoms with Gasteiger partial charge in [-0.1, -0.05) is 0 Å². The maximum absolute atomic E-state index is 11.6. The second-order valence-electron chi connectivity index (χ2n) is 5.24. The third-order valence-electron chi connectivity index (χ3n) is 3.50. The number of carbonyl (C=O) groups is 1. The molecule has 3 N–H and O–H groups in total. The summed E-state index contributed by atoms with van der Waals surface area (Å²) in [6.07, 6.45) is 6.23. The van der Waals surface area contributed by atoms with E-state index in [1.54, 1.807) is 7.11 Å². The molecule has 4 heteroatoms. The maximum Gasteiger partial charge on any atom is 0.220 e. The van der Waals surface area contributed by atoms with Gasteiger partial charge in [-0.3, -0.25) is 4.79 Å². The molecule has 100 valence electrons. The Kier molecular flexibility index (Phi) is 6.52. The first-order valence-corrected chi connectivity index (χ1v) is 6.65. The smallest absolute Gasteiger partial charge is 0.220 e. The van der Waals surface area contributed by atoms with Crippen molar-refractivity contribution in [2.75, 3.05) is 13.7 Å². The van der Waals surface area contributed by atoms with Crippen molar-refractivity contribution >= 4 is 5.91 Å². The zero-order valence-electron chi connectivity index (χ0n) is 11.1. The van der Waals surface area contributed by atoms with Crippen molar-refractivity contribution in [2.24, 2.45) is 11.7 Å². The highest BCUT2D eigenvalue weighted by molar-refractivity contribution is 5.76. The van der Waals surface area contributed by atoms with E-state index in [1.165, 1.54) is 12.8 Å². The molecule has 4 nitrogen and oxygen atoms in total. The maximum atomic E-state index is 11.6. The third-order valence-corrected chi connectivity index (χ3v) is 3.50. The van der Waals surface area contributed by atoms with Gasteiger partial charge in [-0.2, -0.15) is 0 Å². The van der Waals surface area contributed by atoms with E-state index >= 15 is 0 Å². The Hall–Kier alpha value is -0.610. The first-order valence-electron chi connectivity index (χ1n) is 6.65. The Labute approximate surface area is 104 Å². The fraction of sp³-hybridized carbons (Fsp3) is 0.923. The van der Waals surface area contributed by atoms with Crippen LogP contribution in [0.1, 0.15) is 45.4 Å². The molecule has 1 fully saturated rings. The topological polar surface area (TPSA) is 64.3 Å². The van der Waals surface area contributed by atoms with Gasteiger partial charge in [0, 0.05) is 25.6 Å². The van der Waals surface area contributed by atoms with E-state index < -0.39 is 0 Å². The minimum atomic E-state index is 0.104. The molecule has 0 aromatic heterocycles. The normalized spacial score (nSPS) is 26.5. The highest BCUT2D eigenvalue weighted by Crippen LogP contribution is 2.26. The van der Waals surface area contributed by atoms with Crippen molar-refractivity contribution in [2.45, 2.75) is 57.5 Å². The Morgan fingerprint density at radius 3 is 2.65 bits per heavy atom. The van der Waals surface area contributed by atoms with Crippen LogP contribution in [0.5, 0.6) is 0 Å². The van der Waals surface area contributed by atoms with E-state index in [9.17, 15) is 4.79 Å². The summed E-state index contributed by atoms with van der Waals surface area (Å²) in [6.45, 7) is 2.53. The lowest BCUT2D eigenvalue weighted by molar-refractivity contribution is -0.122. The Morgan fingerprint density at radius 2 is 2.06 bits per heavy atom. The SMILES string of the molecule is COCC(C)NC(=O)CCC1CCC(N)CC1. The molecule has 1 rings (SSSR count). The quantitative estimate of drug-likeness (QED) is 0.740. The summed E-state index contributed by atoms with van der Waals surface area (Å²) in [5.74, 6) is 0.836. The first kappa shape index (κ1) is 14.5. The molecule has 17 heavy (non-hydrogen) atoms. The predicted octanol–water partition coefficient (Wildman–Crippen LogP) is 1.44. The fourth-order valence-corrected chi connectivity index (χ4v) is 2.45. The lowest BCUT2D eigenvalue weighted by Gasteiger charge is -2.25. The van der Waals surface area contributed by atoms with Gasteiger partial charge in [0.05, 0.1) is 6.61 Å². The van der Waals surface area contributed by atoms with Crippen molar-refractivity contribution in [1.29, 1.82) is 0 Å². The van der Waals surface area contributed by atoms with Crippen molar-refractivity contribution in [3.63, 3.8) is 0 Å². The molecule has 1 aliphatic rings. The molecule has 1 unspecified atom stereocenters. The van der Waals surface area contributed by atoms with E-state index in [2.05, 4.69) is 5.32 Å². The summed E-state index contributed by atoms with van der Waals surface area (Å²) < 4.78 is 4.98. The standard InChI is InChI=1S/C13H26N2O2/c1-10(9-17-2)15-13(16)8-5-11-3-6-12(14)7-4-11/h10-12H,3-9,14H2,1-2H3,(H,15,16). The Morgan fingerprint density at radius 1 is 1.41 bits per heavy atom. The van der Waals surface area contributed by atoms with Crippen molar-refractivity contribution < 1.29 is 9.53 Å². The largest absolute Gasteiger partial charge is 0.383 e. The predicted molar refractivity (Wildman–Crippen MR) is 68.6 cm³/mol. The molecule has 0 saturated heterocycles. The van der Waals surface area contributed by atoms with Crippen LogP contribution in [0.15, 0.2) is 0 Å². The lowest BCUT2D eigenvalue weighted by atomic mass is 9.84. The van der Waals surface area contributed by atoms with Crippen LogP contribution < -0.4 is 11.1 Å². The van der Waals surface area contributed by atoms with Crippen LogP contribution >= 0.6 is 0 Å². The second-order valence-corrected chi connectivity index (χ2v) is 5.24. The van der Waals surface area contributed by atoms with Crippen LogP contribution in [0.2, 0.25) is 0 Å². The number of nitrogens with one attached hydrogen (secondary N) is 1. The van der Waals surface area contributed by atoms with Crippen LogP contribution in [-0.4, -0.2) is 31.7 Å². The molecule has 1 aliphatic carbocycles. The monoisotopic (exact) mass is 242 g/mol. The van der Waals surface area contributed by atoms with Crippen LogP contribution in [0.4, 0.5) is 0 Å². The third kappa shape index (κ3) is 6.03. The number of hydrogen-bond acceptors (Lipinski definition) is 3. The average molecular weight is 242 g/mol. The number of rotatable bonds is 6. The highest BCUT2D eigenvalue weighted by Gasteiger charge is 2.19. The van der Waals surface area contributed by atoms with Gasteiger partial charge in [-0.05, 0) is 44.9 Å². The average Bonchev–Trinajstić information content (AvgIpc) is 2.28. The zero-order valence-corrected chi connectivity index (χ0v) is 11.1. The van der Waals surface area contributed by atoms with Crippen LogP contribution in [-0.2, 0) is 9.53 Å². The molecule has 0 aromatic rings. The minimum Gasteiger partial charge on any atom is -0.383 e. The van der Waals surface area contributed by atoms with Gasteiger partial charge in [0.2, 0.25) is 5.91 Å². The minimum absolute atomic E-state index is 0.104. The van der Waals surface area contributed by atoms with Gasteiger partial charge >= 0.3 is 0 Å². The van der Waals surface area contributed by atoms with E-state index in [0.29, 0.717) is 25.0 Å². The number of hydrogen-bond donors (Lipinski definition) is 2. The number of nitrogens with two attached hydrogens (primary N) is 1. The molecule has 1 saturated carbocycles. The first-order chi connectivity index (χ1) is 8.11. The summed E-state index contributed by atoms with van der Waals surface area (Å²) in [6, 6.07) is 0.495. The molecule has 1 atom stereocenters. The molecule has 1 amide bonds. The zero-order chi connectivity index (χ0) is 12.7. The van der Waals surface area contributed by atoms with E-state index in [4.69, 9.17) is 10.5 Å². The highest BCUT2D eigenvalue weighted by atomic mass is 16.5. The molecular formula is C13H26N2O2. The fourth-order valence-electron chi connectivity index (χ4n) is 2.45. The molecule has 0 heterocycles. The Balaban J connectivity index is 2.11. The number of ether oxygens (including phenoxy) is 1. The number of methoxy groups -OCH3 is 1. The Bertz CT molecular complexity index is 225. The molecule has 0 bridgehead atoms.